The van der Waals surface area contributed by atoms with Crippen LogP contribution in [0.2, 0.25) is 0 Å². The standard InChI is InChI=1S/C23H19NO2/c1-16-11-13-17(14-12-16)15-24-20-10-6-5-9-19(20)23(22(24)25)21(26-23)18-7-3-2-4-8-18/h2-14,21H,15H2,1H3/t21-,23-/m0/s1. The fourth-order valence-electron chi connectivity index (χ4n) is 3.93. The summed E-state index contributed by atoms with van der Waals surface area (Å²) in [4.78, 5) is 15.3. The zero-order chi connectivity index (χ0) is 17.7. The van der Waals surface area contributed by atoms with Crippen molar-refractivity contribution in [3.05, 3.63) is 101 Å². The molecule has 2 heterocycles. The maximum Gasteiger partial charge on any atom is 0.267 e. The summed E-state index contributed by atoms with van der Waals surface area (Å²) in [7, 11) is 0. The Hall–Kier alpha value is -2.91. The molecule has 1 fully saturated rings. The normalized spacial score (nSPS) is 23.3. The summed E-state index contributed by atoms with van der Waals surface area (Å²) in [5.74, 6) is 0.0353. The lowest BCUT2D eigenvalue weighted by Crippen LogP contribution is -2.32. The second kappa shape index (κ2) is 5.55. The molecule has 2 aliphatic heterocycles. The second-order valence-electron chi connectivity index (χ2n) is 7.04. The summed E-state index contributed by atoms with van der Waals surface area (Å²) in [5.41, 5.74) is 4.46. The van der Waals surface area contributed by atoms with Crippen LogP contribution in [0.25, 0.3) is 0 Å². The van der Waals surface area contributed by atoms with Crippen molar-refractivity contribution in [3.8, 4) is 0 Å². The average Bonchev–Trinajstić information content (AvgIpc) is 3.40. The highest BCUT2D eigenvalue weighted by molar-refractivity contribution is 6.09. The molecule has 3 nitrogen and oxygen atoms in total. The van der Waals surface area contributed by atoms with E-state index in [1.54, 1.807) is 0 Å². The molecule has 5 rings (SSSR count). The van der Waals surface area contributed by atoms with Crippen molar-refractivity contribution in [2.75, 3.05) is 4.90 Å². The van der Waals surface area contributed by atoms with Gasteiger partial charge in [0.05, 0.1) is 12.2 Å². The molecule has 0 unspecified atom stereocenters. The van der Waals surface area contributed by atoms with Crippen LogP contribution in [0, 0.1) is 6.92 Å². The number of amides is 1. The van der Waals surface area contributed by atoms with Gasteiger partial charge in [0.15, 0.2) is 0 Å². The Bertz CT molecular complexity index is 981. The molecule has 0 aromatic heterocycles. The first-order chi connectivity index (χ1) is 12.7. The highest BCUT2D eigenvalue weighted by atomic mass is 16.6. The Labute approximate surface area is 152 Å². The molecule has 1 amide bonds. The van der Waals surface area contributed by atoms with Gasteiger partial charge in [-0.1, -0.05) is 78.4 Å². The van der Waals surface area contributed by atoms with E-state index in [0.717, 1.165) is 22.4 Å². The predicted octanol–water partition coefficient (Wildman–Crippen LogP) is 4.51. The molecule has 0 N–H and O–H groups in total. The second-order valence-corrected chi connectivity index (χ2v) is 7.04. The van der Waals surface area contributed by atoms with Crippen LogP contribution in [0.3, 0.4) is 0 Å². The fraction of sp³-hybridized carbons (Fsp3) is 0.174. The topological polar surface area (TPSA) is 32.8 Å². The largest absolute Gasteiger partial charge is 0.345 e. The number of nitrogens with zero attached hydrogens (tertiary/aromatic N) is 1. The number of aryl methyl sites for hydroxylation is 1. The zero-order valence-corrected chi connectivity index (χ0v) is 14.6. The maximum absolute atomic E-state index is 13.4. The third-order valence-electron chi connectivity index (χ3n) is 5.34. The minimum Gasteiger partial charge on any atom is -0.345 e. The van der Waals surface area contributed by atoms with Gasteiger partial charge in [-0.25, -0.2) is 0 Å². The number of fused-ring (bicyclic) bond motifs is 2. The van der Waals surface area contributed by atoms with E-state index < -0.39 is 5.60 Å². The monoisotopic (exact) mass is 341 g/mol. The van der Waals surface area contributed by atoms with Crippen molar-refractivity contribution < 1.29 is 9.53 Å². The summed E-state index contributed by atoms with van der Waals surface area (Å²) >= 11 is 0. The molecule has 0 saturated carbocycles. The molecule has 0 aliphatic carbocycles. The number of rotatable bonds is 3. The first-order valence-electron chi connectivity index (χ1n) is 8.90. The van der Waals surface area contributed by atoms with Gasteiger partial charge in [0.2, 0.25) is 5.60 Å². The van der Waals surface area contributed by atoms with Crippen molar-refractivity contribution in [1.29, 1.82) is 0 Å². The minimum atomic E-state index is -0.858. The summed E-state index contributed by atoms with van der Waals surface area (Å²) in [6.07, 6.45) is -0.208. The number of carbonyl (C=O) groups is 1. The third kappa shape index (κ3) is 2.14. The number of ether oxygens (including phenoxy) is 1. The SMILES string of the molecule is Cc1ccc(CN2C(=O)[C@]3(O[C@H]3c3ccccc3)c3ccccc32)cc1. The third-order valence-corrected chi connectivity index (χ3v) is 5.34. The van der Waals surface area contributed by atoms with Crippen molar-refractivity contribution in [2.45, 2.75) is 25.2 Å². The lowest BCUT2D eigenvalue weighted by molar-refractivity contribution is -0.123. The smallest absolute Gasteiger partial charge is 0.267 e. The molecule has 2 aliphatic rings. The summed E-state index contributed by atoms with van der Waals surface area (Å²) in [6, 6.07) is 26.3. The van der Waals surface area contributed by atoms with Crippen LogP contribution in [-0.2, 0) is 21.7 Å². The number of benzene rings is 3. The molecule has 3 heteroatoms. The van der Waals surface area contributed by atoms with Crippen molar-refractivity contribution in [3.63, 3.8) is 0 Å². The number of para-hydroxylation sites is 1. The van der Waals surface area contributed by atoms with Gasteiger partial charge in [-0.15, -0.1) is 0 Å². The number of epoxide rings is 1. The van der Waals surface area contributed by atoms with Gasteiger partial charge in [0.25, 0.3) is 5.91 Å². The van der Waals surface area contributed by atoms with Crippen LogP contribution in [0.1, 0.15) is 28.4 Å². The first-order valence-corrected chi connectivity index (χ1v) is 8.90. The molecule has 2 atom stereocenters. The Morgan fingerprint density at radius 2 is 1.62 bits per heavy atom. The zero-order valence-electron chi connectivity index (χ0n) is 14.6. The molecular formula is C23H19NO2. The minimum absolute atomic E-state index is 0.0353. The molecule has 0 radical (unpaired) electrons. The van der Waals surface area contributed by atoms with E-state index in [4.69, 9.17) is 4.74 Å². The number of anilines is 1. The molecule has 3 aromatic carbocycles. The van der Waals surface area contributed by atoms with E-state index in [1.807, 2.05) is 59.5 Å². The van der Waals surface area contributed by atoms with E-state index in [9.17, 15) is 4.79 Å². The van der Waals surface area contributed by atoms with Gasteiger partial charge >= 0.3 is 0 Å². The van der Waals surface area contributed by atoms with E-state index in [0.29, 0.717) is 6.54 Å². The Morgan fingerprint density at radius 3 is 2.38 bits per heavy atom. The lowest BCUT2D eigenvalue weighted by atomic mass is 9.93. The van der Waals surface area contributed by atoms with Gasteiger partial charge in [-0.05, 0) is 24.1 Å². The molecule has 1 spiro atoms. The molecule has 1 saturated heterocycles. The van der Waals surface area contributed by atoms with Crippen molar-refractivity contribution >= 4 is 11.6 Å². The summed E-state index contributed by atoms with van der Waals surface area (Å²) in [5, 5.41) is 0. The highest BCUT2D eigenvalue weighted by Crippen LogP contribution is 2.63. The lowest BCUT2D eigenvalue weighted by Gasteiger charge is -2.17. The van der Waals surface area contributed by atoms with Crippen LogP contribution in [0.5, 0.6) is 0 Å². The van der Waals surface area contributed by atoms with Crippen LogP contribution in [0.4, 0.5) is 5.69 Å². The van der Waals surface area contributed by atoms with E-state index in [-0.39, 0.29) is 12.0 Å². The number of hydrogen-bond acceptors (Lipinski definition) is 2. The predicted molar refractivity (Wildman–Crippen MR) is 101 cm³/mol. The Kier molecular flexibility index (Phi) is 3.28. The van der Waals surface area contributed by atoms with Crippen LogP contribution in [0.15, 0.2) is 78.9 Å². The van der Waals surface area contributed by atoms with Crippen molar-refractivity contribution in [1.82, 2.24) is 0 Å². The molecular weight excluding hydrogens is 322 g/mol. The van der Waals surface area contributed by atoms with Gasteiger partial charge in [-0.2, -0.15) is 0 Å². The molecule has 26 heavy (non-hydrogen) atoms. The van der Waals surface area contributed by atoms with Crippen LogP contribution < -0.4 is 4.90 Å². The van der Waals surface area contributed by atoms with Gasteiger partial charge in [0.1, 0.15) is 6.10 Å². The van der Waals surface area contributed by atoms with E-state index in [1.165, 1.54) is 5.56 Å². The number of carbonyl (C=O) groups excluding carboxylic acids is 1. The van der Waals surface area contributed by atoms with Crippen LogP contribution >= 0.6 is 0 Å². The molecule has 0 bridgehead atoms. The quantitative estimate of drug-likeness (QED) is 0.657. The maximum atomic E-state index is 13.4. The van der Waals surface area contributed by atoms with Gasteiger partial charge in [0, 0.05) is 5.56 Å². The van der Waals surface area contributed by atoms with Gasteiger partial charge < -0.3 is 9.64 Å². The molecule has 128 valence electrons. The van der Waals surface area contributed by atoms with Crippen molar-refractivity contribution in [2.24, 2.45) is 0 Å². The summed E-state index contributed by atoms with van der Waals surface area (Å²) < 4.78 is 6.09. The van der Waals surface area contributed by atoms with Crippen LogP contribution in [-0.4, -0.2) is 5.91 Å². The summed E-state index contributed by atoms with van der Waals surface area (Å²) in [6.45, 7) is 2.63. The Balaban J connectivity index is 1.54. The first kappa shape index (κ1) is 15.4. The van der Waals surface area contributed by atoms with E-state index >= 15 is 0 Å². The fourth-order valence-corrected chi connectivity index (χ4v) is 3.93. The van der Waals surface area contributed by atoms with E-state index in [2.05, 4.69) is 31.2 Å². The van der Waals surface area contributed by atoms with Gasteiger partial charge in [-0.3, -0.25) is 4.79 Å². The highest BCUT2D eigenvalue weighted by Gasteiger charge is 2.69. The molecule has 3 aromatic rings. The average molecular weight is 341 g/mol. The number of hydrogen-bond donors (Lipinski definition) is 0. The Morgan fingerprint density at radius 1 is 0.923 bits per heavy atom.